The van der Waals surface area contributed by atoms with Gasteiger partial charge in [0.2, 0.25) is 0 Å². The second-order valence-electron chi connectivity index (χ2n) is 9.55. The van der Waals surface area contributed by atoms with Crippen LogP contribution in [0.4, 0.5) is 14.5 Å². The topological polar surface area (TPSA) is 91.6 Å². The van der Waals surface area contributed by atoms with E-state index in [2.05, 4.69) is 20.3 Å². The van der Waals surface area contributed by atoms with Crippen LogP contribution in [0.3, 0.4) is 0 Å². The van der Waals surface area contributed by atoms with Crippen molar-refractivity contribution in [2.75, 3.05) is 17.6 Å². The summed E-state index contributed by atoms with van der Waals surface area (Å²) in [7, 11) is -2.46. The summed E-state index contributed by atoms with van der Waals surface area (Å²) in [6, 6.07) is 10.5. The standard InChI is InChI=1S/C28H26F2N5OP/c1-16-17(2)33-24-13-23(30)27(20-7-9-25(32-15-20)37(36)10-4-5-11-37)35-28(24)26(16)34-18(3)21-12-19(14-31)6-8-22(21)29/h6-9,12-13,15,18H,4-5,10-11H2,1-3H3,(H,33,34)/t18-/m1/s1. The van der Waals surface area contributed by atoms with Crippen molar-refractivity contribution in [3.05, 3.63) is 76.6 Å². The van der Waals surface area contributed by atoms with Gasteiger partial charge in [0.15, 0.2) is 5.82 Å². The number of anilines is 1. The fourth-order valence-electron chi connectivity index (χ4n) is 4.83. The van der Waals surface area contributed by atoms with Gasteiger partial charge in [-0.2, -0.15) is 5.26 Å². The summed E-state index contributed by atoms with van der Waals surface area (Å²) in [5, 5.41) is 12.6. The lowest BCUT2D eigenvalue weighted by atomic mass is 10.0. The predicted molar refractivity (Wildman–Crippen MR) is 142 cm³/mol. The van der Waals surface area contributed by atoms with Crippen LogP contribution in [0.2, 0.25) is 0 Å². The third-order valence-corrected chi connectivity index (χ3v) is 10.3. The number of halogens is 2. The molecule has 1 aliphatic heterocycles. The lowest BCUT2D eigenvalue weighted by molar-refractivity contribution is 0.584. The Labute approximate surface area is 214 Å². The molecule has 1 aromatic carbocycles. The molecular weight excluding hydrogens is 491 g/mol. The average Bonchev–Trinajstić information content (AvgIpc) is 3.34. The Kier molecular flexibility index (Phi) is 6.51. The van der Waals surface area contributed by atoms with Crippen molar-refractivity contribution < 1.29 is 13.3 Å². The van der Waals surface area contributed by atoms with E-state index in [0.717, 1.165) is 18.4 Å². The minimum atomic E-state index is -2.46. The molecule has 0 saturated carbocycles. The molecule has 6 nitrogen and oxygen atoms in total. The Bertz CT molecular complexity index is 1600. The Hall–Kier alpha value is -3.69. The van der Waals surface area contributed by atoms with Crippen LogP contribution >= 0.6 is 7.14 Å². The molecular formula is C28H26F2N5OP. The third kappa shape index (κ3) is 4.60. The van der Waals surface area contributed by atoms with Crippen molar-refractivity contribution in [2.45, 2.75) is 39.7 Å². The Morgan fingerprint density at radius 3 is 2.49 bits per heavy atom. The highest BCUT2D eigenvalue weighted by atomic mass is 31.2. The van der Waals surface area contributed by atoms with Gasteiger partial charge < -0.3 is 9.88 Å². The van der Waals surface area contributed by atoms with Gasteiger partial charge in [-0.3, -0.25) is 9.97 Å². The van der Waals surface area contributed by atoms with Crippen molar-refractivity contribution in [1.82, 2.24) is 15.0 Å². The lowest BCUT2D eigenvalue weighted by Gasteiger charge is -2.21. The maximum absolute atomic E-state index is 15.2. The van der Waals surface area contributed by atoms with Crippen LogP contribution in [-0.4, -0.2) is 27.3 Å². The molecule has 188 valence electrons. The molecule has 1 saturated heterocycles. The second-order valence-corrected chi connectivity index (χ2v) is 12.7. The number of hydrogen-bond acceptors (Lipinski definition) is 6. The van der Waals surface area contributed by atoms with E-state index >= 15 is 4.39 Å². The summed E-state index contributed by atoms with van der Waals surface area (Å²) in [5.41, 5.74) is 4.76. The Balaban J connectivity index is 1.58. The van der Waals surface area contributed by atoms with Crippen LogP contribution in [0.15, 0.2) is 42.6 Å². The van der Waals surface area contributed by atoms with Crippen LogP contribution in [0.1, 0.15) is 48.2 Å². The highest BCUT2D eigenvalue weighted by molar-refractivity contribution is 7.71. The van der Waals surface area contributed by atoms with E-state index in [9.17, 15) is 14.2 Å². The van der Waals surface area contributed by atoms with E-state index in [4.69, 9.17) is 0 Å². The van der Waals surface area contributed by atoms with E-state index in [1.54, 1.807) is 19.1 Å². The van der Waals surface area contributed by atoms with Crippen molar-refractivity contribution in [3.63, 3.8) is 0 Å². The summed E-state index contributed by atoms with van der Waals surface area (Å²) in [6.07, 6.45) is 4.73. The first-order chi connectivity index (χ1) is 17.7. The molecule has 0 spiro atoms. The van der Waals surface area contributed by atoms with Crippen LogP contribution < -0.4 is 10.8 Å². The number of aryl methyl sites for hydroxylation is 1. The van der Waals surface area contributed by atoms with Crippen molar-refractivity contribution in [3.8, 4) is 17.3 Å². The monoisotopic (exact) mass is 517 g/mol. The molecule has 0 bridgehead atoms. The number of nitrogens with zero attached hydrogens (tertiary/aromatic N) is 4. The molecule has 5 rings (SSSR count). The molecule has 0 unspecified atom stereocenters. The maximum Gasteiger partial charge on any atom is 0.151 e. The highest BCUT2D eigenvalue weighted by Crippen LogP contribution is 2.50. The summed E-state index contributed by atoms with van der Waals surface area (Å²) < 4.78 is 42.9. The number of hydrogen-bond donors (Lipinski definition) is 1. The van der Waals surface area contributed by atoms with Gasteiger partial charge in [-0.1, -0.05) is 0 Å². The molecule has 3 aromatic heterocycles. The first-order valence-corrected chi connectivity index (χ1v) is 14.3. The van der Waals surface area contributed by atoms with Crippen LogP contribution in [0, 0.1) is 36.8 Å². The number of pyridine rings is 3. The summed E-state index contributed by atoms with van der Waals surface area (Å²) >= 11 is 0. The minimum Gasteiger partial charge on any atom is -0.376 e. The molecule has 1 fully saturated rings. The fourth-order valence-corrected chi connectivity index (χ4v) is 7.60. The van der Waals surface area contributed by atoms with E-state index in [1.807, 2.05) is 19.9 Å². The number of fused-ring (bicyclic) bond motifs is 1. The van der Waals surface area contributed by atoms with E-state index < -0.39 is 24.8 Å². The molecule has 1 aliphatic rings. The summed E-state index contributed by atoms with van der Waals surface area (Å²) in [5.74, 6) is -0.976. The summed E-state index contributed by atoms with van der Waals surface area (Å²) in [4.78, 5) is 13.6. The lowest BCUT2D eigenvalue weighted by Crippen LogP contribution is -2.12. The average molecular weight is 518 g/mol. The zero-order chi connectivity index (χ0) is 26.3. The van der Waals surface area contributed by atoms with Crippen LogP contribution in [0.25, 0.3) is 22.3 Å². The SMILES string of the molecule is Cc1nc2cc(F)c(-c3ccc(P4(=O)CCCC4)nc3)nc2c(N[C@H](C)c2cc(C#N)ccc2F)c1C. The molecule has 0 aliphatic carbocycles. The van der Waals surface area contributed by atoms with Crippen molar-refractivity contribution in [2.24, 2.45) is 0 Å². The molecule has 9 heteroatoms. The number of aromatic nitrogens is 3. The van der Waals surface area contributed by atoms with E-state index in [-0.39, 0.29) is 5.69 Å². The van der Waals surface area contributed by atoms with Gasteiger partial charge in [-0.05, 0) is 69.5 Å². The summed E-state index contributed by atoms with van der Waals surface area (Å²) in [6.45, 7) is 5.48. The fraction of sp³-hybridized carbons (Fsp3) is 0.286. The molecule has 0 amide bonds. The van der Waals surface area contributed by atoms with Crippen LogP contribution in [-0.2, 0) is 4.57 Å². The van der Waals surface area contributed by atoms with E-state index in [0.29, 0.717) is 56.9 Å². The zero-order valence-electron chi connectivity index (χ0n) is 20.8. The van der Waals surface area contributed by atoms with Gasteiger partial charge in [-0.25, -0.2) is 13.8 Å². The number of nitriles is 1. The largest absolute Gasteiger partial charge is 0.376 e. The first kappa shape index (κ1) is 25.0. The smallest absolute Gasteiger partial charge is 0.151 e. The van der Waals surface area contributed by atoms with Gasteiger partial charge in [0.05, 0.1) is 34.3 Å². The Morgan fingerprint density at radius 1 is 1.05 bits per heavy atom. The van der Waals surface area contributed by atoms with Gasteiger partial charge >= 0.3 is 0 Å². The van der Waals surface area contributed by atoms with Crippen molar-refractivity contribution in [1.29, 1.82) is 5.26 Å². The number of rotatable bonds is 5. The molecule has 0 radical (unpaired) electrons. The van der Waals surface area contributed by atoms with Gasteiger partial charge in [0.1, 0.15) is 24.2 Å². The highest BCUT2D eigenvalue weighted by Gasteiger charge is 2.30. The van der Waals surface area contributed by atoms with Gasteiger partial charge in [0, 0.05) is 41.4 Å². The van der Waals surface area contributed by atoms with Gasteiger partial charge in [-0.15, -0.1) is 0 Å². The van der Waals surface area contributed by atoms with Crippen LogP contribution in [0.5, 0.6) is 0 Å². The molecule has 4 heterocycles. The van der Waals surface area contributed by atoms with Gasteiger partial charge in [0.25, 0.3) is 0 Å². The predicted octanol–water partition coefficient (Wildman–Crippen LogP) is 6.41. The zero-order valence-corrected chi connectivity index (χ0v) is 21.7. The first-order valence-electron chi connectivity index (χ1n) is 12.2. The molecule has 1 N–H and O–H groups in total. The van der Waals surface area contributed by atoms with E-state index in [1.165, 1.54) is 30.5 Å². The van der Waals surface area contributed by atoms with Crippen molar-refractivity contribution >= 4 is 29.3 Å². The molecule has 4 aromatic rings. The number of nitrogens with one attached hydrogen (secondary N) is 1. The Morgan fingerprint density at radius 2 is 1.81 bits per heavy atom. The minimum absolute atomic E-state index is 0.106. The second kappa shape index (κ2) is 9.64. The maximum atomic E-state index is 15.2. The molecule has 37 heavy (non-hydrogen) atoms. The normalized spacial score (nSPS) is 15.5. The quantitative estimate of drug-likeness (QED) is 0.308. The molecule has 1 atom stereocenters. The third-order valence-electron chi connectivity index (χ3n) is 7.08. The number of benzene rings is 1.